The lowest BCUT2D eigenvalue weighted by Crippen LogP contribution is -2.45. The van der Waals surface area contributed by atoms with Crippen molar-refractivity contribution in [1.82, 2.24) is 5.32 Å². The first kappa shape index (κ1) is 57.9. The zero-order chi connectivity index (χ0) is 42.8. The van der Waals surface area contributed by atoms with Crippen LogP contribution in [0.2, 0.25) is 0 Å². The molecule has 59 heavy (non-hydrogen) atoms. The molecule has 0 bridgehead atoms. The predicted molar refractivity (Wildman–Crippen MR) is 262 cm³/mol. The van der Waals surface area contributed by atoms with Crippen molar-refractivity contribution in [2.45, 2.75) is 315 Å². The number of hydrogen-bond acceptors (Lipinski definition) is 3. The summed E-state index contributed by atoms with van der Waals surface area (Å²) < 4.78 is 0. The van der Waals surface area contributed by atoms with Gasteiger partial charge in [0.05, 0.1) is 18.8 Å². The lowest BCUT2D eigenvalue weighted by atomic mass is 10.0. The van der Waals surface area contributed by atoms with Gasteiger partial charge in [0.1, 0.15) is 0 Å². The number of aliphatic hydroxyl groups excluding tert-OH is 2. The number of allylic oxidation sites excluding steroid dienone is 3. The summed E-state index contributed by atoms with van der Waals surface area (Å²) in [7, 11) is 0. The second kappa shape index (κ2) is 51.2. The Morgan fingerprint density at radius 1 is 0.390 bits per heavy atom. The van der Waals surface area contributed by atoms with E-state index in [-0.39, 0.29) is 12.5 Å². The number of carbonyl (C=O) groups excluding carboxylic acids is 1. The highest BCUT2D eigenvalue weighted by Crippen LogP contribution is 2.17. The molecule has 2 unspecified atom stereocenters. The molecule has 4 heteroatoms. The summed E-state index contributed by atoms with van der Waals surface area (Å²) in [6.45, 7) is 4.34. The van der Waals surface area contributed by atoms with Gasteiger partial charge in [-0.05, 0) is 32.1 Å². The van der Waals surface area contributed by atoms with Crippen molar-refractivity contribution < 1.29 is 15.0 Å². The quantitative estimate of drug-likeness (QED) is 0.0422. The van der Waals surface area contributed by atoms with Gasteiger partial charge in [-0.1, -0.05) is 289 Å². The van der Waals surface area contributed by atoms with E-state index in [1.807, 2.05) is 6.08 Å². The van der Waals surface area contributed by atoms with Crippen molar-refractivity contribution in [2.75, 3.05) is 6.61 Å². The van der Waals surface area contributed by atoms with Crippen molar-refractivity contribution in [3.8, 4) is 0 Å². The first-order valence-electron chi connectivity index (χ1n) is 27.1. The van der Waals surface area contributed by atoms with Crippen LogP contribution in [0.3, 0.4) is 0 Å². The Hall–Kier alpha value is -1.13. The number of carbonyl (C=O) groups is 1. The first-order valence-corrected chi connectivity index (χ1v) is 27.1. The highest BCUT2D eigenvalue weighted by molar-refractivity contribution is 5.76. The number of rotatable bonds is 50. The molecule has 0 saturated heterocycles. The summed E-state index contributed by atoms with van der Waals surface area (Å²) in [5.74, 6) is -0.0672. The Balaban J connectivity index is 3.51. The summed E-state index contributed by atoms with van der Waals surface area (Å²) >= 11 is 0. The van der Waals surface area contributed by atoms with Crippen LogP contribution >= 0.6 is 0 Å². The normalized spacial score (nSPS) is 12.9. The monoisotopic (exact) mass is 830 g/mol. The van der Waals surface area contributed by atoms with Gasteiger partial charge in [-0.2, -0.15) is 0 Å². The molecule has 0 fully saturated rings. The molecule has 0 aliphatic heterocycles. The predicted octanol–water partition coefficient (Wildman–Crippen LogP) is 17.5. The van der Waals surface area contributed by atoms with Crippen LogP contribution in [0.5, 0.6) is 0 Å². The molecule has 0 rings (SSSR count). The van der Waals surface area contributed by atoms with Crippen molar-refractivity contribution in [1.29, 1.82) is 0 Å². The van der Waals surface area contributed by atoms with Crippen LogP contribution in [0.15, 0.2) is 24.3 Å². The minimum atomic E-state index is -0.859. The number of unbranched alkanes of at least 4 members (excludes halogenated alkanes) is 41. The van der Waals surface area contributed by atoms with Crippen molar-refractivity contribution >= 4 is 5.91 Å². The number of aliphatic hydroxyl groups is 2. The Kier molecular flexibility index (Phi) is 50.2. The van der Waals surface area contributed by atoms with E-state index in [4.69, 9.17) is 0 Å². The third-order valence-electron chi connectivity index (χ3n) is 12.7. The first-order chi connectivity index (χ1) is 29.2. The minimum absolute atomic E-state index is 0.0672. The van der Waals surface area contributed by atoms with Gasteiger partial charge in [-0.15, -0.1) is 0 Å². The molecule has 0 spiro atoms. The van der Waals surface area contributed by atoms with Crippen LogP contribution < -0.4 is 5.32 Å². The summed E-state index contributed by atoms with van der Waals surface area (Å²) in [6.07, 6.45) is 67.6. The van der Waals surface area contributed by atoms with Gasteiger partial charge in [0.25, 0.3) is 0 Å². The maximum atomic E-state index is 12.4. The largest absolute Gasteiger partial charge is 0.394 e. The lowest BCUT2D eigenvalue weighted by molar-refractivity contribution is -0.123. The van der Waals surface area contributed by atoms with Gasteiger partial charge >= 0.3 is 0 Å². The summed E-state index contributed by atoms with van der Waals surface area (Å²) in [6, 6.07) is -0.636. The van der Waals surface area contributed by atoms with Crippen LogP contribution in [0, 0.1) is 0 Å². The molecule has 0 aliphatic carbocycles. The average Bonchev–Trinajstić information content (AvgIpc) is 3.24. The van der Waals surface area contributed by atoms with E-state index < -0.39 is 12.1 Å². The van der Waals surface area contributed by atoms with Crippen LogP contribution in [-0.2, 0) is 4.79 Å². The fourth-order valence-corrected chi connectivity index (χ4v) is 8.55. The minimum Gasteiger partial charge on any atom is -0.394 e. The molecule has 0 aliphatic rings. The Morgan fingerprint density at radius 2 is 0.661 bits per heavy atom. The van der Waals surface area contributed by atoms with E-state index in [9.17, 15) is 15.0 Å². The summed E-state index contributed by atoms with van der Waals surface area (Å²) in [4.78, 5) is 12.4. The molecule has 2 atom stereocenters. The van der Waals surface area contributed by atoms with Crippen LogP contribution in [0.1, 0.15) is 303 Å². The SMILES string of the molecule is CCCCCCCCCCCCCCCCCCCCC/C=C/CC/C=C/C(O)C(CO)NC(=O)CCCCCCCCCCCCCCCCCCCCCCCC. The maximum Gasteiger partial charge on any atom is 0.220 e. The van der Waals surface area contributed by atoms with Gasteiger partial charge in [0.15, 0.2) is 0 Å². The van der Waals surface area contributed by atoms with Crippen LogP contribution in [0.25, 0.3) is 0 Å². The van der Waals surface area contributed by atoms with Gasteiger partial charge in [0, 0.05) is 6.42 Å². The summed E-state index contributed by atoms with van der Waals surface area (Å²) in [5, 5.41) is 23.1. The van der Waals surface area contributed by atoms with Gasteiger partial charge in [-0.3, -0.25) is 4.79 Å². The van der Waals surface area contributed by atoms with Gasteiger partial charge in [0.2, 0.25) is 5.91 Å². The zero-order valence-corrected chi connectivity index (χ0v) is 40.3. The van der Waals surface area contributed by atoms with Crippen LogP contribution in [0.4, 0.5) is 0 Å². The Bertz CT molecular complexity index is 855. The Morgan fingerprint density at radius 3 is 0.983 bits per heavy atom. The van der Waals surface area contributed by atoms with E-state index in [2.05, 4.69) is 31.3 Å². The number of hydrogen-bond donors (Lipinski definition) is 3. The van der Waals surface area contributed by atoms with E-state index in [0.717, 1.165) is 32.1 Å². The fourth-order valence-electron chi connectivity index (χ4n) is 8.55. The Labute approximate surface area is 370 Å². The molecule has 0 heterocycles. The smallest absolute Gasteiger partial charge is 0.220 e. The number of amides is 1. The molecular weight excluding hydrogens is 723 g/mol. The summed E-state index contributed by atoms with van der Waals surface area (Å²) in [5.41, 5.74) is 0. The highest BCUT2D eigenvalue weighted by atomic mass is 16.3. The molecule has 3 N–H and O–H groups in total. The molecule has 4 nitrogen and oxygen atoms in total. The molecule has 0 radical (unpaired) electrons. The van der Waals surface area contributed by atoms with Gasteiger partial charge in [-0.25, -0.2) is 0 Å². The molecule has 0 aromatic carbocycles. The molecule has 1 amide bonds. The molecule has 0 aromatic rings. The average molecular weight is 830 g/mol. The molecule has 0 aromatic heterocycles. The topological polar surface area (TPSA) is 69.6 Å². The highest BCUT2D eigenvalue weighted by Gasteiger charge is 2.18. The van der Waals surface area contributed by atoms with E-state index in [0.29, 0.717) is 6.42 Å². The lowest BCUT2D eigenvalue weighted by Gasteiger charge is -2.19. The van der Waals surface area contributed by atoms with Gasteiger partial charge < -0.3 is 15.5 Å². The van der Waals surface area contributed by atoms with E-state index >= 15 is 0 Å². The fraction of sp³-hybridized carbons (Fsp3) is 0.909. The second-order valence-electron chi connectivity index (χ2n) is 18.7. The third-order valence-corrected chi connectivity index (χ3v) is 12.7. The zero-order valence-electron chi connectivity index (χ0n) is 40.3. The van der Waals surface area contributed by atoms with E-state index in [1.165, 1.54) is 250 Å². The molecule has 350 valence electrons. The van der Waals surface area contributed by atoms with Crippen molar-refractivity contribution in [3.05, 3.63) is 24.3 Å². The maximum absolute atomic E-state index is 12.4. The van der Waals surface area contributed by atoms with Crippen molar-refractivity contribution in [3.63, 3.8) is 0 Å². The van der Waals surface area contributed by atoms with Crippen LogP contribution in [-0.4, -0.2) is 34.9 Å². The second-order valence-corrected chi connectivity index (χ2v) is 18.7. The van der Waals surface area contributed by atoms with E-state index in [1.54, 1.807) is 6.08 Å². The third kappa shape index (κ3) is 47.8. The standard InChI is InChI=1S/C55H107NO3/c1-3-5-7-9-11-13-15-17-19-21-23-25-27-28-29-30-32-34-36-38-40-42-44-46-48-50-54(58)53(52-57)56-55(59)51-49-47-45-43-41-39-37-35-33-31-26-24-22-20-18-16-14-12-10-8-6-4-2/h40,42,48,50,53-54,57-58H,3-39,41,43-47,49,51-52H2,1-2H3,(H,56,59)/b42-40+,50-48+. The number of nitrogens with one attached hydrogen (secondary N) is 1. The molecular formula is C55H107NO3. The molecule has 0 saturated carbocycles. The van der Waals surface area contributed by atoms with Crippen molar-refractivity contribution in [2.24, 2.45) is 0 Å².